The standard InChI is InChI=1S/C13H23NO2S/c1-8-3-5-10-11-6-4-9(2)14-13(11)17(15)16-12(10)7-8/h8-14H,3-7H2,1-2H3. The maximum absolute atomic E-state index is 12.2. The number of piperidine rings is 1. The Morgan fingerprint density at radius 2 is 1.88 bits per heavy atom. The summed E-state index contributed by atoms with van der Waals surface area (Å²) in [4.78, 5) is 0. The zero-order chi connectivity index (χ0) is 12.0. The highest BCUT2D eigenvalue weighted by molar-refractivity contribution is 7.80. The zero-order valence-corrected chi connectivity index (χ0v) is 11.5. The van der Waals surface area contributed by atoms with Gasteiger partial charge in [0.2, 0.25) is 0 Å². The smallest absolute Gasteiger partial charge is 0.173 e. The van der Waals surface area contributed by atoms with Gasteiger partial charge in [-0.3, -0.25) is 9.50 Å². The van der Waals surface area contributed by atoms with Gasteiger partial charge in [-0.25, -0.2) is 4.21 Å². The molecule has 2 saturated heterocycles. The van der Waals surface area contributed by atoms with Crippen molar-refractivity contribution in [2.75, 3.05) is 0 Å². The number of fused-ring (bicyclic) bond motifs is 3. The van der Waals surface area contributed by atoms with E-state index in [4.69, 9.17) is 4.18 Å². The SMILES string of the molecule is CC1CCC2C(C1)OS(=O)C1NC(C)CCC21. The second-order valence-corrected chi connectivity index (χ2v) is 7.43. The summed E-state index contributed by atoms with van der Waals surface area (Å²) in [6.07, 6.45) is 6.39. The first-order valence-corrected chi connectivity index (χ1v) is 8.12. The summed E-state index contributed by atoms with van der Waals surface area (Å²) >= 11 is -1.12. The Bertz CT molecular complexity index is 323. The van der Waals surface area contributed by atoms with Crippen LogP contribution in [0.4, 0.5) is 0 Å². The molecule has 3 nitrogen and oxygen atoms in total. The molecule has 1 aliphatic carbocycles. The molecular formula is C13H23NO2S. The van der Waals surface area contributed by atoms with E-state index in [0.29, 0.717) is 17.9 Å². The van der Waals surface area contributed by atoms with E-state index in [-0.39, 0.29) is 11.5 Å². The van der Waals surface area contributed by atoms with E-state index in [1.807, 2.05) is 0 Å². The van der Waals surface area contributed by atoms with Crippen LogP contribution < -0.4 is 5.32 Å². The van der Waals surface area contributed by atoms with Crippen molar-refractivity contribution in [2.24, 2.45) is 17.8 Å². The summed E-state index contributed by atoms with van der Waals surface area (Å²) < 4.78 is 18.0. The first-order chi connectivity index (χ1) is 8.15. The molecule has 7 atom stereocenters. The minimum Gasteiger partial charge on any atom is -0.299 e. The topological polar surface area (TPSA) is 38.3 Å². The van der Waals surface area contributed by atoms with Crippen LogP contribution in [0.3, 0.4) is 0 Å². The maximum atomic E-state index is 12.2. The molecule has 4 heteroatoms. The molecule has 0 radical (unpaired) electrons. The first kappa shape index (κ1) is 12.1. The van der Waals surface area contributed by atoms with Gasteiger partial charge < -0.3 is 0 Å². The molecule has 17 heavy (non-hydrogen) atoms. The van der Waals surface area contributed by atoms with Gasteiger partial charge in [-0.2, -0.15) is 0 Å². The summed E-state index contributed by atoms with van der Waals surface area (Å²) in [5.41, 5.74) is 0. The molecule has 0 aromatic heterocycles. The first-order valence-electron chi connectivity index (χ1n) is 6.99. The summed E-state index contributed by atoms with van der Waals surface area (Å²) in [5.74, 6) is 1.97. The number of hydrogen-bond donors (Lipinski definition) is 1. The van der Waals surface area contributed by atoms with Crippen LogP contribution >= 0.6 is 0 Å². The molecule has 0 spiro atoms. The highest BCUT2D eigenvalue weighted by Crippen LogP contribution is 2.44. The maximum Gasteiger partial charge on any atom is 0.173 e. The van der Waals surface area contributed by atoms with Crippen LogP contribution in [-0.4, -0.2) is 21.7 Å². The Labute approximate surface area is 106 Å². The Hall–Kier alpha value is 0.0700. The van der Waals surface area contributed by atoms with Gasteiger partial charge in [0.15, 0.2) is 11.1 Å². The van der Waals surface area contributed by atoms with Crippen molar-refractivity contribution >= 4 is 11.1 Å². The van der Waals surface area contributed by atoms with Crippen LogP contribution in [0.25, 0.3) is 0 Å². The van der Waals surface area contributed by atoms with Gasteiger partial charge in [0, 0.05) is 6.04 Å². The van der Waals surface area contributed by atoms with Crippen LogP contribution in [0.15, 0.2) is 0 Å². The Kier molecular flexibility index (Phi) is 3.30. The average Bonchev–Trinajstić information content (AvgIpc) is 2.29. The van der Waals surface area contributed by atoms with Crippen molar-refractivity contribution in [3.05, 3.63) is 0 Å². The Balaban J connectivity index is 1.79. The molecule has 7 unspecified atom stereocenters. The highest BCUT2D eigenvalue weighted by atomic mass is 32.2. The molecule has 3 aliphatic rings. The van der Waals surface area contributed by atoms with Gasteiger partial charge >= 0.3 is 0 Å². The lowest BCUT2D eigenvalue weighted by Crippen LogP contribution is -2.58. The van der Waals surface area contributed by atoms with E-state index in [1.54, 1.807) is 0 Å². The summed E-state index contributed by atoms with van der Waals surface area (Å²) in [7, 11) is 0. The van der Waals surface area contributed by atoms with Gasteiger partial charge in [-0.05, 0) is 50.4 Å². The van der Waals surface area contributed by atoms with Gasteiger partial charge in [0.05, 0.1) is 6.10 Å². The predicted octanol–water partition coefficient (Wildman–Crippen LogP) is 2.20. The van der Waals surface area contributed by atoms with E-state index in [9.17, 15) is 4.21 Å². The molecule has 3 fully saturated rings. The largest absolute Gasteiger partial charge is 0.299 e. The lowest BCUT2D eigenvalue weighted by atomic mass is 9.71. The molecular weight excluding hydrogens is 234 g/mol. The molecule has 3 rings (SSSR count). The third kappa shape index (κ3) is 2.20. The molecule has 2 heterocycles. The lowest BCUT2D eigenvalue weighted by Gasteiger charge is -2.48. The van der Waals surface area contributed by atoms with Crippen molar-refractivity contribution < 1.29 is 8.39 Å². The summed E-state index contributed by atoms with van der Waals surface area (Å²) in [6.45, 7) is 4.47. The van der Waals surface area contributed by atoms with E-state index in [1.165, 1.54) is 25.7 Å². The minimum absolute atomic E-state index is 0.0911. The molecule has 1 saturated carbocycles. The minimum atomic E-state index is -1.12. The van der Waals surface area contributed by atoms with Crippen LogP contribution in [0.1, 0.15) is 46.0 Å². The lowest BCUT2D eigenvalue weighted by molar-refractivity contribution is 0.00682. The van der Waals surface area contributed by atoms with Gasteiger partial charge in [0.25, 0.3) is 0 Å². The fraction of sp³-hybridized carbons (Fsp3) is 1.00. The van der Waals surface area contributed by atoms with Crippen molar-refractivity contribution in [1.29, 1.82) is 0 Å². The molecule has 0 amide bonds. The predicted molar refractivity (Wildman–Crippen MR) is 68.6 cm³/mol. The van der Waals surface area contributed by atoms with Crippen LogP contribution in [0, 0.1) is 17.8 Å². The Morgan fingerprint density at radius 1 is 1.12 bits per heavy atom. The monoisotopic (exact) mass is 257 g/mol. The quantitative estimate of drug-likeness (QED) is 0.723. The van der Waals surface area contributed by atoms with Crippen LogP contribution in [0.5, 0.6) is 0 Å². The third-order valence-corrected chi connectivity index (χ3v) is 6.19. The molecule has 1 N–H and O–H groups in total. The van der Waals surface area contributed by atoms with Crippen molar-refractivity contribution in [3.63, 3.8) is 0 Å². The van der Waals surface area contributed by atoms with Gasteiger partial charge in [-0.1, -0.05) is 13.3 Å². The fourth-order valence-corrected chi connectivity index (χ4v) is 5.40. The molecule has 0 bridgehead atoms. The second-order valence-electron chi connectivity index (χ2n) is 6.21. The van der Waals surface area contributed by atoms with E-state index >= 15 is 0 Å². The van der Waals surface area contributed by atoms with Gasteiger partial charge in [0.1, 0.15) is 5.37 Å². The second kappa shape index (κ2) is 4.63. The number of nitrogens with one attached hydrogen (secondary N) is 1. The average molecular weight is 257 g/mol. The van der Waals surface area contributed by atoms with Crippen molar-refractivity contribution in [3.8, 4) is 0 Å². The fourth-order valence-electron chi connectivity index (χ4n) is 3.85. The number of rotatable bonds is 0. The molecule has 0 aromatic rings. The van der Waals surface area contributed by atoms with Crippen LogP contribution in [-0.2, 0) is 15.3 Å². The molecule has 2 aliphatic heterocycles. The van der Waals surface area contributed by atoms with Crippen molar-refractivity contribution in [2.45, 2.75) is 63.5 Å². The van der Waals surface area contributed by atoms with Crippen molar-refractivity contribution in [1.82, 2.24) is 5.32 Å². The zero-order valence-electron chi connectivity index (χ0n) is 10.7. The molecule has 0 aromatic carbocycles. The summed E-state index contributed by atoms with van der Waals surface area (Å²) in [5, 5.41) is 3.58. The van der Waals surface area contributed by atoms with E-state index in [2.05, 4.69) is 19.2 Å². The number of hydrogen-bond acceptors (Lipinski definition) is 3. The normalized spacial score (nSPS) is 54.8. The van der Waals surface area contributed by atoms with E-state index < -0.39 is 11.1 Å². The van der Waals surface area contributed by atoms with E-state index in [0.717, 1.165) is 12.3 Å². The van der Waals surface area contributed by atoms with Gasteiger partial charge in [-0.15, -0.1) is 0 Å². The molecule has 98 valence electrons. The third-order valence-electron chi connectivity index (χ3n) is 4.85. The Morgan fingerprint density at radius 3 is 2.71 bits per heavy atom. The highest BCUT2D eigenvalue weighted by Gasteiger charge is 2.48. The van der Waals surface area contributed by atoms with Crippen LogP contribution in [0.2, 0.25) is 0 Å². The summed E-state index contributed by atoms with van der Waals surface area (Å²) in [6, 6.07) is 0.489.